The molecule has 4 atom stereocenters. The lowest BCUT2D eigenvalue weighted by Crippen LogP contribution is -2.54. The number of carbonyl (C=O) groups excluding carboxylic acids is 3. The smallest absolute Gasteiger partial charge is 0.253 e. The van der Waals surface area contributed by atoms with Crippen LogP contribution in [0, 0.1) is 24.7 Å². The van der Waals surface area contributed by atoms with E-state index in [1.54, 1.807) is 30.0 Å². The number of nitrogens with zero attached hydrogens (tertiary/aromatic N) is 1. The number of hydrogen-bond acceptors (Lipinski definition) is 5. The SMILES string of the molecule is CCCN(CCC)C(=O)c1ccc(C)c(C(=O)N[C@@H](CC(C)C)[C@@H](O)[C@H](O)[C@H](C(=O)NCc2ccccc2)C(C)C)c1. The minimum atomic E-state index is -1.41. The molecule has 0 saturated heterocycles. The van der Waals surface area contributed by atoms with E-state index in [4.69, 9.17) is 0 Å². The fourth-order valence-electron chi connectivity index (χ4n) is 5.28. The third-order valence-electron chi connectivity index (χ3n) is 7.51. The Bertz CT molecular complexity index is 1150. The highest BCUT2D eigenvalue weighted by atomic mass is 16.3. The molecule has 42 heavy (non-hydrogen) atoms. The normalized spacial score (nSPS) is 14.3. The molecule has 8 nitrogen and oxygen atoms in total. The van der Waals surface area contributed by atoms with E-state index in [-0.39, 0.29) is 23.7 Å². The Morgan fingerprint density at radius 3 is 2.05 bits per heavy atom. The molecule has 0 unspecified atom stereocenters. The molecule has 0 aromatic heterocycles. The maximum absolute atomic E-state index is 13.6. The number of hydrogen-bond donors (Lipinski definition) is 4. The molecule has 232 valence electrons. The molecule has 2 aromatic rings. The standard InChI is InChI=1S/C34H51N3O5/c1-8-17-37(18-9-2)34(42)26-16-15-24(7)27(20-26)32(40)36-28(19-22(3)4)30(38)31(39)29(23(5)6)33(41)35-21-25-13-11-10-12-14-25/h10-16,20,22-23,28-31,38-39H,8-9,17-19,21H2,1-7H3,(H,35,41)(H,36,40)/t28-,29+,30+,31+/m0/s1. The van der Waals surface area contributed by atoms with Gasteiger partial charge in [0, 0.05) is 30.8 Å². The number of amides is 3. The molecular formula is C34H51N3O5. The number of aryl methyl sites for hydroxylation is 1. The summed E-state index contributed by atoms with van der Waals surface area (Å²) in [6, 6.07) is 13.8. The Morgan fingerprint density at radius 2 is 1.50 bits per heavy atom. The molecule has 0 spiro atoms. The van der Waals surface area contributed by atoms with Crippen LogP contribution in [0.5, 0.6) is 0 Å². The van der Waals surface area contributed by atoms with Gasteiger partial charge in [0.05, 0.1) is 18.1 Å². The van der Waals surface area contributed by atoms with Crippen LogP contribution < -0.4 is 10.6 Å². The van der Waals surface area contributed by atoms with Gasteiger partial charge in [-0.1, -0.05) is 77.9 Å². The van der Waals surface area contributed by atoms with Crippen LogP contribution in [0.4, 0.5) is 0 Å². The quantitative estimate of drug-likeness (QED) is 0.229. The lowest BCUT2D eigenvalue weighted by Gasteiger charge is -2.34. The largest absolute Gasteiger partial charge is 0.390 e. The van der Waals surface area contributed by atoms with Crippen molar-refractivity contribution in [1.29, 1.82) is 0 Å². The van der Waals surface area contributed by atoms with Crippen LogP contribution in [0.2, 0.25) is 0 Å². The number of nitrogens with one attached hydrogen (secondary N) is 2. The van der Waals surface area contributed by atoms with E-state index in [0.29, 0.717) is 42.7 Å². The Hall–Kier alpha value is -3.23. The van der Waals surface area contributed by atoms with Gasteiger partial charge in [-0.3, -0.25) is 14.4 Å². The van der Waals surface area contributed by atoms with Crippen LogP contribution in [0.15, 0.2) is 48.5 Å². The van der Waals surface area contributed by atoms with E-state index >= 15 is 0 Å². The topological polar surface area (TPSA) is 119 Å². The zero-order valence-corrected chi connectivity index (χ0v) is 26.4. The van der Waals surface area contributed by atoms with Crippen molar-refractivity contribution in [3.8, 4) is 0 Å². The second-order valence-electron chi connectivity index (χ2n) is 12.0. The summed E-state index contributed by atoms with van der Waals surface area (Å²) in [5.74, 6) is -1.98. The molecule has 0 heterocycles. The fraction of sp³-hybridized carbons (Fsp3) is 0.559. The van der Waals surface area contributed by atoms with E-state index in [1.807, 2.05) is 71.9 Å². The monoisotopic (exact) mass is 581 g/mol. The molecule has 0 bridgehead atoms. The van der Waals surface area contributed by atoms with Crippen LogP contribution in [0.3, 0.4) is 0 Å². The van der Waals surface area contributed by atoms with E-state index in [2.05, 4.69) is 10.6 Å². The summed E-state index contributed by atoms with van der Waals surface area (Å²) < 4.78 is 0. The predicted molar refractivity (Wildman–Crippen MR) is 167 cm³/mol. The van der Waals surface area contributed by atoms with Gasteiger partial charge in [0.15, 0.2) is 0 Å². The van der Waals surface area contributed by atoms with Gasteiger partial charge in [-0.05, 0) is 61.3 Å². The van der Waals surface area contributed by atoms with E-state index in [0.717, 1.165) is 18.4 Å². The third-order valence-corrected chi connectivity index (χ3v) is 7.51. The summed E-state index contributed by atoms with van der Waals surface area (Å²) in [6.45, 7) is 15.0. The minimum absolute atomic E-state index is 0.0900. The molecule has 8 heteroatoms. The summed E-state index contributed by atoms with van der Waals surface area (Å²) in [6.07, 6.45) is -0.733. The molecule has 0 aliphatic rings. The average Bonchev–Trinajstić information content (AvgIpc) is 2.95. The van der Waals surface area contributed by atoms with Gasteiger partial charge in [-0.2, -0.15) is 0 Å². The first-order valence-electron chi connectivity index (χ1n) is 15.3. The van der Waals surface area contributed by atoms with Crippen molar-refractivity contribution in [2.45, 2.75) is 92.5 Å². The molecule has 4 N–H and O–H groups in total. The second kappa shape index (κ2) is 17.0. The summed E-state index contributed by atoms with van der Waals surface area (Å²) in [7, 11) is 0. The lowest BCUT2D eigenvalue weighted by molar-refractivity contribution is -0.136. The van der Waals surface area contributed by atoms with Crippen molar-refractivity contribution in [3.63, 3.8) is 0 Å². The Balaban J connectivity index is 2.26. The molecule has 0 aliphatic carbocycles. The molecule has 0 saturated carbocycles. The summed E-state index contributed by atoms with van der Waals surface area (Å²) in [5, 5.41) is 28.5. The highest BCUT2D eigenvalue weighted by molar-refractivity contribution is 6.00. The number of aliphatic hydroxyl groups excluding tert-OH is 2. The van der Waals surface area contributed by atoms with Gasteiger partial charge in [0.2, 0.25) is 5.91 Å². The first-order valence-corrected chi connectivity index (χ1v) is 15.3. The molecular weight excluding hydrogens is 530 g/mol. The van der Waals surface area contributed by atoms with Gasteiger partial charge < -0.3 is 25.7 Å². The Morgan fingerprint density at radius 1 is 0.881 bits per heavy atom. The predicted octanol–water partition coefficient (Wildman–Crippen LogP) is 4.71. The van der Waals surface area contributed by atoms with Crippen LogP contribution in [0.25, 0.3) is 0 Å². The third kappa shape index (κ3) is 9.95. The number of aliphatic hydroxyl groups is 2. The Kier molecular flexibility index (Phi) is 14.2. The maximum Gasteiger partial charge on any atom is 0.253 e. The van der Waals surface area contributed by atoms with Gasteiger partial charge in [-0.15, -0.1) is 0 Å². The zero-order valence-electron chi connectivity index (χ0n) is 26.4. The molecule has 0 radical (unpaired) electrons. The minimum Gasteiger partial charge on any atom is -0.390 e. The molecule has 0 fully saturated rings. The maximum atomic E-state index is 13.6. The van der Waals surface area contributed by atoms with Crippen molar-refractivity contribution >= 4 is 17.7 Å². The highest BCUT2D eigenvalue weighted by Gasteiger charge is 2.38. The van der Waals surface area contributed by atoms with Gasteiger partial charge in [0.1, 0.15) is 6.10 Å². The van der Waals surface area contributed by atoms with Crippen molar-refractivity contribution in [3.05, 3.63) is 70.8 Å². The van der Waals surface area contributed by atoms with Gasteiger partial charge >= 0.3 is 0 Å². The summed E-state index contributed by atoms with van der Waals surface area (Å²) >= 11 is 0. The van der Waals surface area contributed by atoms with E-state index < -0.39 is 30.1 Å². The summed E-state index contributed by atoms with van der Waals surface area (Å²) in [4.78, 5) is 41.8. The first kappa shape index (κ1) is 35.0. The van der Waals surface area contributed by atoms with Crippen molar-refractivity contribution in [2.24, 2.45) is 17.8 Å². The molecule has 2 rings (SSSR count). The average molecular weight is 582 g/mol. The van der Waals surface area contributed by atoms with Crippen LogP contribution in [-0.4, -0.2) is 64.2 Å². The van der Waals surface area contributed by atoms with Crippen LogP contribution >= 0.6 is 0 Å². The van der Waals surface area contributed by atoms with Gasteiger partial charge in [-0.25, -0.2) is 0 Å². The highest BCUT2D eigenvalue weighted by Crippen LogP contribution is 2.23. The first-order chi connectivity index (χ1) is 19.9. The van der Waals surface area contributed by atoms with Crippen molar-refractivity contribution in [2.75, 3.05) is 13.1 Å². The van der Waals surface area contributed by atoms with Crippen LogP contribution in [0.1, 0.15) is 92.6 Å². The molecule has 0 aliphatic heterocycles. The van der Waals surface area contributed by atoms with Gasteiger partial charge in [0.25, 0.3) is 11.8 Å². The second-order valence-corrected chi connectivity index (χ2v) is 12.0. The zero-order chi connectivity index (χ0) is 31.4. The number of rotatable bonds is 16. The van der Waals surface area contributed by atoms with E-state index in [9.17, 15) is 24.6 Å². The Labute approximate surface area is 251 Å². The lowest BCUT2D eigenvalue weighted by atomic mass is 9.83. The van der Waals surface area contributed by atoms with Crippen molar-refractivity contribution in [1.82, 2.24) is 15.5 Å². The molecule has 2 aromatic carbocycles. The fourth-order valence-corrected chi connectivity index (χ4v) is 5.28. The molecule has 3 amide bonds. The summed E-state index contributed by atoms with van der Waals surface area (Å²) in [5.41, 5.74) is 2.39. The van der Waals surface area contributed by atoms with Crippen LogP contribution in [-0.2, 0) is 11.3 Å². The number of benzene rings is 2. The number of carbonyl (C=O) groups is 3. The van der Waals surface area contributed by atoms with Crippen molar-refractivity contribution < 1.29 is 24.6 Å². The van der Waals surface area contributed by atoms with E-state index in [1.165, 1.54) is 0 Å².